The second kappa shape index (κ2) is 6.85. The molecule has 1 unspecified atom stereocenters. The normalized spacial score (nSPS) is 12.4. The molecule has 7 heteroatoms. The maximum atomic E-state index is 9.69. The van der Waals surface area contributed by atoms with Crippen LogP contribution in [0.4, 0.5) is 17.8 Å². The van der Waals surface area contributed by atoms with Crippen LogP contribution in [0, 0.1) is 0 Å². The van der Waals surface area contributed by atoms with Crippen LogP contribution in [0.25, 0.3) is 0 Å². The van der Waals surface area contributed by atoms with Gasteiger partial charge in [-0.25, -0.2) is 0 Å². The molecule has 1 rings (SSSR count). The van der Waals surface area contributed by atoms with E-state index in [4.69, 9.17) is 11.5 Å². The van der Waals surface area contributed by atoms with E-state index >= 15 is 0 Å². The van der Waals surface area contributed by atoms with Crippen molar-refractivity contribution in [3.63, 3.8) is 0 Å². The predicted octanol–water partition coefficient (Wildman–Crippen LogP) is 0.737. The Morgan fingerprint density at radius 3 is 2.35 bits per heavy atom. The number of hydrogen-bond acceptors (Lipinski definition) is 7. The van der Waals surface area contributed by atoms with Crippen LogP contribution >= 0.6 is 0 Å². The number of nitrogens with two attached hydrogens (primary N) is 2. The van der Waals surface area contributed by atoms with Gasteiger partial charge in [-0.1, -0.05) is 26.2 Å². The van der Waals surface area contributed by atoms with E-state index in [1.165, 1.54) is 12.8 Å². The number of nitrogens with one attached hydrogen (secondary N) is 1. The van der Waals surface area contributed by atoms with Crippen molar-refractivity contribution in [3.05, 3.63) is 0 Å². The smallest absolute Gasteiger partial charge is 0.231 e. The zero-order valence-electron chi connectivity index (χ0n) is 10.1. The van der Waals surface area contributed by atoms with Crippen molar-refractivity contribution in [2.75, 3.05) is 16.8 Å². The minimum absolute atomic E-state index is 0.0400. The lowest BCUT2D eigenvalue weighted by atomic mass is 10.1. The average Bonchev–Trinajstić information content (AvgIpc) is 2.23. The van der Waals surface area contributed by atoms with E-state index in [-0.39, 0.29) is 17.8 Å². The van der Waals surface area contributed by atoms with E-state index in [9.17, 15) is 5.11 Å². The minimum atomic E-state index is -0.687. The van der Waals surface area contributed by atoms with E-state index in [1.54, 1.807) is 0 Å². The van der Waals surface area contributed by atoms with Crippen LogP contribution < -0.4 is 16.8 Å². The first kappa shape index (κ1) is 13.4. The highest BCUT2D eigenvalue weighted by molar-refractivity contribution is 5.37. The van der Waals surface area contributed by atoms with Gasteiger partial charge in [0.25, 0.3) is 0 Å². The maximum absolute atomic E-state index is 9.69. The Bertz CT molecular complexity index is 325. The number of anilines is 3. The van der Waals surface area contributed by atoms with Gasteiger partial charge in [0, 0.05) is 0 Å². The Balaban J connectivity index is 2.36. The van der Waals surface area contributed by atoms with Crippen molar-refractivity contribution in [3.8, 4) is 0 Å². The van der Waals surface area contributed by atoms with Crippen molar-refractivity contribution in [1.29, 1.82) is 0 Å². The molecule has 1 aromatic rings. The Morgan fingerprint density at radius 2 is 1.76 bits per heavy atom. The highest BCUT2D eigenvalue weighted by Crippen LogP contribution is 2.09. The van der Waals surface area contributed by atoms with Crippen LogP contribution in [0.3, 0.4) is 0 Å². The van der Waals surface area contributed by atoms with Crippen molar-refractivity contribution in [2.24, 2.45) is 0 Å². The molecule has 0 saturated heterocycles. The Morgan fingerprint density at radius 1 is 1.12 bits per heavy atom. The summed E-state index contributed by atoms with van der Waals surface area (Å²) in [5, 5.41) is 12.4. The molecule has 0 bridgehead atoms. The quantitative estimate of drug-likeness (QED) is 0.409. The fourth-order valence-corrected chi connectivity index (χ4v) is 1.46. The van der Waals surface area contributed by atoms with E-state index in [0.29, 0.717) is 6.42 Å². The highest BCUT2D eigenvalue weighted by atomic mass is 16.3. The molecule has 1 aromatic heterocycles. The highest BCUT2D eigenvalue weighted by Gasteiger charge is 2.07. The molecule has 0 aliphatic heterocycles. The predicted molar refractivity (Wildman–Crippen MR) is 67.0 cm³/mol. The number of unbranched alkanes of at least 4 members (excludes halogenated alkanes) is 3. The molecule has 6 N–H and O–H groups in total. The average molecular weight is 240 g/mol. The lowest BCUT2D eigenvalue weighted by Gasteiger charge is -2.12. The van der Waals surface area contributed by atoms with Gasteiger partial charge in [0.2, 0.25) is 17.8 Å². The van der Waals surface area contributed by atoms with Crippen molar-refractivity contribution in [2.45, 2.75) is 45.3 Å². The summed E-state index contributed by atoms with van der Waals surface area (Å²) < 4.78 is 0. The zero-order chi connectivity index (χ0) is 12.7. The van der Waals surface area contributed by atoms with Gasteiger partial charge < -0.3 is 21.9 Å². The summed E-state index contributed by atoms with van der Waals surface area (Å²) in [5.41, 5.74) is 10.8. The Hall–Kier alpha value is -1.63. The van der Waals surface area contributed by atoms with Gasteiger partial charge >= 0.3 is 0 Å². The number of hydrogen-bond donors (Lipinski definition) is 4. The molecule has 0 saturated carbocycles. The summed E-state index contributed by atoms with van der Waals surface area (Å²) in [4.78, 5) is 11.3. The minimum Gasteiger partial charge on any atom is -0.374 e. The van der Waals surface area contributed by atoms with Gasteiger partial charge in [-0.15, -0.1) is 0 Å². The third kappa shape index (κ3) is 5.30. The molecule has 0 aliphatic rings. The van der Waals surface area contributed by atoms with E-state index < -0.39 is 6.23 Å². The topological polar surface area (TPSA) is 123 Å². The SMILES string of the molecule is CCCCCCC(O)Nc1nc(N)nc(N)n1. The Kier molecular flexibility index (Phi) is 5.41. The molecule has 0 aliphatic carbocycles. The summed E-state index contributed by atoms with van der Waals surface area (Å²) in [6.07, 6.45) is 4.37. The molecule has 7 nitrogen and oxygen atoms in total. The second-order valence-electron chi connectivity index (χ2n) is 3.88. The first-order valence-corrected chi connectivity index (χ1v) is 5.83. The molecule has 1 heterocycles. The van der Waals surface area contributed by atoms with Gasteiger partial charge in [0.05, 0.1) is 0 Å². The summed E-state index contributed by atoms with van der Waals surface area (Å²) in [7, 11) is 0. The number of nitrogen functional groups attached to an aromatic ring is 2. The lowest BCUT2D eigenvalue weighted by Crippen LogP contribution is -2.21. The lowest BCUT2D eigenvalue weighted by molar-refractivity contribution is 0.188. The zero-order valence-corrected chi connectivity index (χ0v) is 10.1. The fourth-order valence-electron chi connectivity index (χ4n) is 1.46. The number of aliphatic hydroxyl groups excluding tert-OH is 1. The van der Waals surface area contributed by atoms with Gasteiger partial charge in [0.1, 0.15) is 6.23 Å². The molecule has 0 aromatic carbocycles. The largest absolute Gasteiger partial charge is 0.374 e. The fraction of sp³-hybridized carbons (Fsp3) is 0.700. The van der Waals surface area contributed by atoms with Crippen molar-refractivity contribution in [1.82, 2.24) is 15.0 Å². The van der Waals surface area contributed by atoms with E-state index in [0.717, 1.165) is 12.8 Å². The van der Waals surface area contributed by atoms with Crippen LogP contribution in [0.2, 0.25) is 0 Å². The van der Waals surface area contributed by atoms with Crippen LogP contribution in [0.5, 0.6) is 0 Å². The van der Waals surface area contributed by atoms with E-state index in [1.807, 2.05) is 0 Å². The van der Waals surface area contributed by atoms with Crippen LogP contribution in [-0.4, -0.2) is 26.3 Å². The monoisotopic (exact) mass is 240 g/mol. The van der Waals surface area contributed by atoms with Crippen molar-refractivity contribution < 1.29 is 5.11 Å². The third-order valence-electron chi connectivity index (χ3n) is 2.30. The molecule has 96 valence electrons. The summed E-state index contributed by atoms with van der Waals surface area (Å²) in [5.74, 6) is 0.286. The standard InChI is InChI=1S/C10H20N6O/c1-2-3-4-5-6-7(17)13-10-15-8(11)14-9(12)16-10/h7,17H,2-6H2,1H3,(H5,11,12,13,14,15,16). The number of aliphatic hydroxyl groups is 1. The molecule has 0 spiro atoms. The molecule has 0 fully saturated rings. The Labute approximate surface area is 101 Å². The first-order valence-electron chi connectivity index (χ1n) is 5.83. The summed E-state index contributed by atoms with van der Waals surface area (Å²) in [6.45, 7) is 2.14. The van der Waals surface area contributed by atoms with E-state index in [2.05, 4.69) is 27.2 Å². The molecule has 1 atom stereocenters. The second-order valence-corrected chi connectivity index (χ2v) is 3.88. The van der Waals surface area contributed by atoms with Gasteiger partial charge in [-0.2, -0.15) is 15.0 Å². The number of nitrogens with zero attached hydrogens (tertiary/aromatic N) is 3. The van der Waals surface area contributed by atoms with Crippen LogP contribution in [0.15, 0.2) is 0 Å². The number of aromatic nitrogens is 3. The summed E-state index contributed by atoms with van der Waals surface area (Å²) >= 11 is 0. The molecular weight excluding hydrogens is 220 g/mol. The van der Waals surface area contributed by atoms with Crippen LogP contribution in [0.1, 0.15) is 39.0 Å². The summed E-state index contributed by atoms with van der Waals surface area (Å²) in [6, 6.07) is 0. The molecule has 17 heavy (non-hydrogen) atoms. The first-order chi connectivity index (χ1) is 8.11. The molecule has 0 radical (unpaired) electrons. The van der Waals surface area contributed by atoms with Gasteiger partial charge in [-0.3, -0.25) is 0 Å². The third-order valence-corrected chi connectivity index (χ3v) is 2.30. The van der Waals surface area contributed by atoms with Crippen molar-refractivity contribution >= 4 is 17.8 Å². The van der Waals surface area contributed by atoms with Crippen LogP contribution in [-0.2, 0) is 0 Å². The maximum Gasteiger partial charge on any atom is 0.231 e. The molecular formula is C10H20N6O. The number of rotatable bonds is 7. The van der Waals surface area contributed by atoms with Gasteiger partial charge in [-0.05, 0) is 12.8 Å². The van der Waals surface area contributed by atoms with Gasteiger partial charge in [0.15, 0.2) is 0 Å². The molecule has 0 amide bonds.